The van der Waals surface area contributed by atoms with Gasteiger partial charge in [0.25, 0.3) is 0 Å². The summed E-state index contributed by atoms with van der Waals surface area (Å²) in [5.74, 6) is 0.141. The molecule has 1 unspecified atom stereocenters. The Kier molecular flexibility index (Phi) is 3.99. The van der Waals surface area contributed by atoms with Gasteiger partial charge in [0.2, 0.25) is 0 Å². The maximum absolute atomic E-state index is 9.18. The average Bonchev–Trinajstić information content (AvgIpc) is 2.38. The molecule has 0 amide bonds. The number of fused-ring (bicyclic) bond motifs is 1. The lowest BCUT2D eigenvalue weighted by molar-refractivity contribution is 0.591. The summed E-state index contributed by atoms with van der Waals surface area (Å²) in [6, 6.07) is 15.4. The van der Waals surface area contributed by atoms with Gasteiger partial charge in [-0.25, -0.2) is 0 Å². The normalized spacial score (nSPS) is 12.3. The number of hydrogen-bond acceptors (Lipinski definition) is 1. The van der Waals surface area contributed by atoms with E-state index in [1.807, 2.05) is 0 Å². The first-order valence-corrected chi connectivity index (χ1v) is 6.62. The van der Waals surface area contributed by atoms with Gasteiger partial charge in [-0.05, 0) is 36.1 Å². The monoisotopic (exact) mass is 237 g/mol. The molecule has 92 valence electrons. The second-order valence-electron chi connectivity index (χ2n) is 4.96. The molecule has 0 radical (unpaired) electrons. The number of nitriles is 1. The fourth-order valence-corrected chi connectivity index (χ4v) is 2.47. The van der Waals surface area contributed by atoms with Gasteiger partial charge in [-0.1, -0.05) is 55.3 Å². The van der Waals surface area contributed by atoms with Crippen molar-refractivity contribution in [3.8, 4) is 6.07 Å². The number of nitrogens with zero attached hydrogens (tertiary/aromatic N) is 1. The topological polar surface area (TPSA) is 23.8 Å². The second-order valence-corrected chi connectivity index (χ2v) is 4.96. The summed E-state index contributed by atoms with van der Waals surface area (Å²) in [7, 11) is 0. The highest BCUT2D eigenvalue weighted by molar-refractivity contribution is 5.86. The summed E-state index contributed by atoms with van der Waals surface area (Å²) in [4.78, 5) is 0. The number of rotatable bonds is 4. The molecule has 0 saturated heterocycles. The van der Waals surface area contributed by atoms with Gasteiger partial charge in [-0.15, -0.1) is 0 Å². The van der Waals surface area contributed by atoms with Crippen molar-refractivity contribution in [2.75, 3.05) is 0 Å². The van der Waals surface area contributed by atoms with Gasteiger partial charge in [0.1, 0.15) is 0 Å². The minimum absolute atomic E-state index is 0.141. The lowest BCUT2D eigenvalue weighted by Gasteiger charge is -2.11. The van der Waals surface area contributed by atoms with Gasteiger partial charge in [0, 0.05) is 0 Å². The first kappa shape index (κ1) is 12.6. The second kappa shape index (κ2) is 5.69. The van der Waals surface area contributed by atoms with Crippen LogP contribution in [0.25, 0.3) is 10.8 Å². The Morgan fingerprint density at radius 3 is 2.78 bits per heavy atom. The van der Waals surface area contributed by atoms with E-state index < -0.39 is 0 Å². The molecule has 1 heteroatoms. The lowest BCUT2D eigenvalue weighted by Crippen LogP contribution is -2.02. The van der Waals surface area contributed by atoms with Gasteiger partial charge in [0.05, 0.1) is 12.0 Å². The van der Waals surface area contributed by atoms with Crippen molar-refractivity contribution in [1.82, 2.24) is 0 Å². The molecule has 18 heavy (non-hydrogen) atoms. The summed E-state index contributed by atoms with van der Waals surface area (Å²) in [6.07, 6.45) is 2.92. The summed E-state index contributed by atoms with van der Waals surface area (Å²) in [5, 5.41) is 11.8. The molecule has 0 aromatic heterocycles. The zero-order valence-corrected chi connectivity index (χ0v) is 11.1. The molecule has 1 nitrogen and oxygen atoms in total. The van der Waals surface area contributed by atoms with Gasteiger partial charge < -0.3 is 0 Å². The molecule has 0 spiro atoms. The van der Waals surface area contributed by atoms with Gasteiger partial charge in [-0.3, -0.25) is 0 Å². The molecule has 0 N–H and O–H groups in total. The lowest BCUT2D eigenvalue weighted by atomic mass is 9.92. The third-order valence-corrected chi connectivity index (χ3v) is 3.41. The van der Waals surface area contributed by atoms with Gasteiger partial charge >= 0.3 is 0 Å². The van der Waals surface area contributed by atoms with Crippen LogP contribution >= 0.6 is 0 Å². The minimum atomic E-state index is 0.141. The van der Waals surface area contributed by atoms with E-state index >= 15 is 0 Å². The molecular formula is C17H19N. The largest absolute Gasteiger partial charge is 0.198 e. The van der Waals surface area contributed by atoms with Crippen LogP contribution in [0.4, 0.5) is 0 Å². The fraction of sp³-hybridized carbons (Fsp3) is 0.353. The Morgan fingerprint density at radius 2 is 2.06 bits per heavy atom. The van der Waals surface area contributed by atoms with Crippen LogP contribution in [-0.4, -0.2) is 0 Å². The molecule has 0 bridgehead atoms. The van der Waals surface area contributed by atoms with Crippen LogP contribution < -0.4 is 0 Å². The number of hydrogen-bond donors (Lipinski definition) is 0. The zero-order chi connectivity index (χ0) is 13.0. The molecule has 0 aliphatic heterocycles. The predicted molar refractivity (Wildman–Crippen MR) is 76.4 cm³/mol. The highest BCUT2D eigenvalue weighted by atomic mass is 14.3. The fourth-order valence-electron chi connectivity index (χ4n) is 2.47. The zero-order valence-electron chi connectivity index (χ0n) is 11.1. The number of aryl methyl sites for hydroxylation is 1. The Bertz CT molecular complexity index is 578. The van der Waals surface area contributed by atoms with Crippen LogP contribution in [-0.2, 0) is 6.42 Å². The summed E-state index contributed by atoms with van der Waals surface area (Å²) >= 11 is 0. The molecule has 0 fully saturated rings. The molecule has 0 aliphatic carbocycles. The summed E-state index contributed by atoms with van der Waals surface area (Å²) in [6.45, 7) is 4.25. The Morgan fingerprint density at radius 1 is 1.22 bits per heavy atom. The molecule has 2 rings (SSSR count). The van der Waals surface area contributed by atoms with Crippen LogP contribution in [0.5, 0.6) is 0 Å². The minimum Gasteiger partial charge on any atom is -0.198 e. The molecule has 1 atom stereocenters. The van der Waals surface area contributed by atoms with Crippen LogP contribution in [0.2, 0.25) is 0 Å². The molecular weight excluding hydrogens is 218 g/mol. The van der Waals surface area contributed by atoms with Crippen LogP contribution in [0.15, 0.2) is 36.4 Å². The smallest absolute Gasteiger partial charge is 0.0659 e. The van der Waals surface area contributed by atoms with Crippen molar-refractivity contribution in [2.45, 2.75) is 33.1 Å². The standard InChI is InChI=1S/C17H19N/c1-3-5-14(12-18)11-16-7-4-6-15-10-13(2)8-9-17(15)16/h4,6-10,14H,3,5,11H2,1-2H3. The van der Waals surface area contributed by atoms with E-state index in [0.29, 0.717) is 0 Å². The molecule has 0 heterocycles. The highest BCUT2D eigenvalue weighted by Gasteiger charge is 2.09. The summed E-state index contributed by atoms with van der Waals surface area (Å²) < 4.78 is 0. The van der Waals surface area contributed by atoms with Crippen LogP contribution in [0.1, 0.15) is 30.9 Å². The first-order chi connectivity index (χ1) is 8.74. The van der Waals surface area contributed by atoms with Crippen molar-refractivity contribution in [3.63, 3.8) is 0 Å². The molecule has 0 aliphatic rings. The Labute approximate surface area is 109 Å². The van der Waals surface area contributed by atoms with E-state index in [2.05, 4.69) is 56.3 Å². The van der Waals surface area contributed by atoms with Gasteiger partial charge in [0.15, 0.2) is 0 Å². The third kappa shape index (κ3) is 2.71. The maximum atomic E-state index is 9.18. The van der Waals surface area contributed by atoms with Crippen molar-refractivity contribution >= 4 is 10.8 Å². The van der Waals surface area contributed by atoms with E-state index in [4.69, 9.17) is 0 Å². The Balaban J connectivity index is 2.36. The van der Waals surface area contributed by atoms with Crippen LogP contribution in [0.3, 0.4) is 0 Å². The molecule has 2 aromatic carbocycles. The first-order valence-electron chi connectivity index (χ1n) is 6.62. The van der Waals surface area contributed by atoms with Gasteiger partial charge in [-0.2, -0.15) is 5.26 Å². The average molecular weight is 237 g/mol. The Hall–Kier alpha value is -1.81. The van der Waals surface area contributed by atoms with Crippen molar-refractivity contribution in [1.29, 1.82) is 5.26 Å². The highest BCUT2D eigenvalue weighted by Crippen LogP contribution is 2.23. The third-order valence-electron chi connectivity index (χ3n) is 3.41. The predicted octanol–water partition coefficient (Wildman–Crippen LogP) is 4.63. The van der Waals surface area contributed by atoms with Crippen molar-refractivity contribution in [2.24, 2.45) is 5.92 Å². The van der Waals surface area contributed by atoms with E-state index in [1.165, 1.54) is 21.9 Å². The maximum Gasteiger partial charge on any atom is 0.0659 e. The number of benzene rings is 2. The van der Waals surface area contributed by atoms with Crippen LogP contribution in [0, 0.1) is 24.2 Å². The van der Waals surface area contributed by atoms with Crippen molar-refractivity contribution in [3.05, 3.63) is 47.5 Å². The quantitative estimate of drug-likeness (QED) is 0.760. The van der Waals surface area contributed by atoms with E-state index in [9.17, 15) is 5.26 Å². The van der Waals surface area contributed by atoms with E-state index in [-0.39, 0.29) is 5.92 Å². The van der Waals surface area contributed by atoms with E-state index in [1.54, 1.807) is 0 Å². The SMILES string of the molecule is CCCC(C#N)Cc1cccc2cc(C)ccc12. The van der Waals surface area contributed by atoms with Crippen molar-refractivity contribution < 1.29 is 0 Å². The van der Waals surface area contributed by atoms with E-state index in [0.717, 1.165) is 19.3 Å². The molecule has 0 saturated carbocycles. The summed E-state index contributed by atoms with van der Waals surface area (Å²) in [5.41, 5.74) is 2.58. The molecule has 2 aromatic rings.